The van der Waals surface area contributed by atoms with Gasteiger partial charge in [-0.2, -0.15) is 0 Å². The molecule has 0 aliphatic rings. The maximum Gasteiger partial charge on any atom is 0.300 e. The summed E-state index contributed by atoms with van der Waals surface area (Å²) < 4.78 is 22.1. The van der Waals surface area contributed by atoms with Crippen molar-refractivity contribution in [3.8, 4) is 0 Å². The van der Waals surface area contributed by atoms with Crippen molar-refractivity contribution in [3.05, 3.63) is 74.7 Å². The molecule has 0 heterocycles. The Hall–Kier alpha value is -3.47. The van der Waals surface area contributed by atoms with E-state index in [0.717, 1.165) is 64.2 Å². The molecule has 0 fully saturated rings. The van der Waals surface area contributed by atoms with Crippen LogP contribution in [0, 0.1) is 34.1 Å². The first-order valence-corrected chi connectivity index (χ1v) is 37.2. The Kier molecular flexibility index (Phi) is 64.5. The second-order valence-electron chi connectivity index (χ2n) is 23.4. The number of halogens is 5. The summed E-state index contributed by atoms with van der Waals surface area (Å²) in [4.78, 5) is 71.0. The Balaban J connectivity index is 0. The molecule has 0 aromatic heterocycles. The number of amides is 3. The van der Waals surface area contributed by atoms with Crippen LogP contribution in [0.15, 0.2) is 12.1 Å². The Morgan fingerprint density at radius 3 is 1.00 bits per heavy atom. The number of nitrogens with two attached hydrogens (primary N) is 1. The SMILES string of the molecule is CCCCCCCCCCCCCC(=O)Cl.CCCCCCCCCCCCCC(=O)NCCCOCCCCOCCCNC(=O)c1c(C)c(Cl)cc(Cl)c1[N+](=O)[O-].CCN(CC)CC.Cc1c(Cl)cc(Cl)c([N+](=O)[O-])c1C(=O)NCCCOCCCCOCCCN. The van der Waals surface area contributed by atoms with Crippen molar-refractivity contribution in [2.24, 2.45) is 5.73 Å². The molecule has 0 aliphatic carbocycles. The van der Waals surface area contributed by atoms with E-state index in [2.05, 4.69) is 55.5 Å². The zero-order chi connectivity index (χ0) is 70.4. The zero-order valence-electron chi connectivity index (χ0n) is 58.6. The Morgan fingerprint density at radius 1 is 0.426 bits per heavy atom. The van der Waals surface area contributed by atoms with Gasteiger partial charge in [-0.1, -0.05) is 209 Å². The van der Waals surface area contributed by atoms with Crippen LogP contribution in [-0.4, -0.2) is 136 Å². The van der Waals surface area contributed by atoms with E-state index in [0.29, 0.717) is 116 Å². The molecule has 2 aromatic carbocycles. The van der Waals surface area contributed by atoms with Crippen LogP contribution < -0.4 is 21.7 Å². The van der Waals surface area contributed by atoms with Gasteiger partial charge in [-0.05, 0) is 139 Å². The fourth-order valence-electron chi connectivity index (χ4n) is 9.70. The van der Waals surface area contributed by atoms with E-state index >= 15 is 0 Å². The highest BCUT2D eigenvalue weighted by Gasteiger charge is 2.29. The van der Waals surface area contributed by atoms with Crippen molar-refractivity contribution in [3.63, 3.8) is 0 Å². The van der Waals surface area contributed by atoms with E-state index < -0.39 is 33.0 Å². The quantitative estimate of drug-likeness (QED) is 0.0208. The van der Waals surface area contributed by atoms with Crippen molar-refractivity contribution >= 4 is 92.3 Å². The Labute approximate surface area is 590 Å². The van der Waals surface area contributed by atoms with Crippen LogP contribution in [0.5, 0.6) is 0 Å². The van der Waals surface area contributed by atoms with Gasteiger partial charge in [0.25, 0.3) is 11.8 Å². The third-order valence-corrected chi connectivity index (χ3v) is 17.0. The van der Waals surface area contributed by atoms with Crippen molar-refractivity contribution in [2.75, 3.05) is 98.7 Å². The molecular formula is C70H122Cl5N7O12. The van der Waals surface area contributed by atoms with Gasteiger partial charge >= 0.3 is 11.4 Å². The first kappa shape index (κ1) is 92.6. The number of benzene rings is 2. The van der Waals surface area contributed by atoms with Crippen LogP contribution >= 0.6 is 58.0 Å². The molecule has 0 radical (unpaired) electrons. The molecule has 3 amide bonds. The van der Waals surface area contributed by atoms with Crippen molar-refractivity contribution < 1.29 is 48.0 Å². The number of nitro groups is 2. The molecular weight excluding hydrogens is 1310 g/mol. The lowest BCUT2D eigenvalue weighted by Crippen LogP contribution is -2.27. The average Bonchev–Trinajstić information content (AvgIpc) is 0.808. The van der Waals surface area contributed by atoms with E-state index in [9.17, 15) is 39.4 Å². The fraction of sp³-hybridized carbons (Fsp3) is 0.771. The first-order valence-electron chi connectivity index (χ1n) is 35.3. The van der Waals surface area contributed by atoms with Gasteiger partial charge in [-0.3, -0.25) is 39.4 Å². The molecule has 0 aliphatic heterocycles. The van der Waals surface area contributed by atoms with E-state index in [-0.39, 0.29) is 42.4 Å². The summed E-state index contributed by atoms with van der Waals surface area (Å²) in [5.41, 5.74) is 4.89. The lowest BCUT2D eigenvalue weighted by atomic mass is 10.1. The van der Waals surface area contributed by atoms with Crippen LogP contribution in [0.25, 0.3) is 0 Å². The van der Waals surface area contributed by atoms with E-state index in [1.165, 1.54) is 147 Å². The van der Waals surface area contributed by atoms with Gasteiger partial charge in [0.2, 0.25) is 11.1 Å². The monoisotopic (exact) mass is 1430 g/mol. The zero-order valence-corrected chi connectivity index (χ0v) is 62.4. The van der Waals surface area contributed by atoms with Crippen molar-refractivity contribution in [2.45, 2.75) is 254 Å². The molecule has 0 saturated carbocycles. The summed E-state index contributed by atoms with van der Waals surface area (Å²) in [7, 11) is 0. The summed E-state index contributed by atoms with van der Waals surface area (Å²) in [5, 5.41) is 30.8. The van der Waals surface area contributed by atoms with Gasteiger partial charge in [-0.25, -0.2) is 0 Å². The van der Waals surface area contributed by atoms with Crippen LogP contribution in [0.1, 0.15) is 272 Å². The lowest BCUT2D eigenvalue weighted by molar-refractivity contribution is -0.385. The largest absolute Gasteiger partial charge is 0.381 e. The van der Waals surface area contributed by atoms with Gasteiger partial charge in [0, 0.05) is 95.4 Å². The topological polar surface area (TPSA) is 257 Å². The summed E-state index contributed by atoms with van der Waals surface area (Å²) >= 11 is 29.1. The molecule has 0 bridgehead atoms. The highest BCUT2D eigenvalue weighted by molar-refractivity contribution is 6.63. The molecule has 544 valence electrons. The summed E-state index contributed by atoms with van der Waals surface area (Å²) in [6.07, 6.45) is 36.0. The normalized spacial score (nSPS) is 10.9. The molecule has 0 unspecified atom stereocenters. The van der Waals surface area contributed by atoms with Gasteiger partial charge in [0.05, 0.1) is 9.85 Å². The molecule has 2 rings (SSSR count). The molecule has 5 N–H and O–H groups in total. The number of nitrogens with zero attached hydrogens (tertiary/aromatic N) is 3. The van der Waals surface area contributed by atoms with Crippen LogP contribution in [0.3, 0.4) is 0 Å². The number of nitrogens with one attached hydrogen (secondary N) is 3. The minimum Gasteiger partial charge on any atom is -0.381 e. The Morgan fingerprint density at radius 2 is 0.713 bits per heavy atom. The number of carbonyl (C=O) groups excluding carboxylic acids is 4. The maximum atomic E-state index is 12.5. The summed E-state index contributed by atoms with van der Waals surface area (Å²) in [5.74, 6) is -1.03. The van der Waals surface area contributed by atoms with Gasteiger partial charge in [0.1, 0.15) is 21.2 Å². The smallest absolute Gasteiger partial charge is 0.300 e. The lowest BCUT2D eigenvalue weighted by Gasteiger charge is -2.13. The second kappa shape index (κ2) is 65.5. The molecule has 24 heteroatoms. The number of hydrogen-bond donors (Lipinski definition) is 4. The van der Waals surface area contributed by atoms with E-state index in [1.54, 1.807) is 13.8 Å². The predicted molar refractivity (Wildman–Crippen MR) is 389 cm³/mol. The van der Waals surface area contributed by atoms with Crippen LogP contribution in [0.2, 0.25) is 20.1 Å². The predicted octanol–water partition coefficient (Wildman–Crippen LogP) is 18.6. The van der Waals surface area contributed by atoms with Crippen molar-refractivity contribution in [1.82, 2.24) is 20.9 Å². The van der Waals surface area contributed by atoms with Gasteiger partial charge in [-0.15, -0.1) is 0 Å². The minimum absolute atomic E-state index is 0.113. The number of nitro benzene ring substituents is 2. The van der Waals surface area contributed by atoms with E-state index in [1.807, 2.05) is 0 Å². The highest BCUT2D eigenvalue weighted by atomic mass is 35.5. The molecule has 0 saturated heterocycles. The molecule has 2 aromatic rings. The van der Waals surface area contributed by atoms with Crippen LogP contribution in [0.4, 0.5) is 11.4 Å². The number of hydrogen-bond acceptors (Lipinski definition) is 14. The average molecular weight is 1430 g/mol. The minimum atomic E-state index is -0.677. The summed E-state index contributed by atoms with van der Waals surface area (Å²) in [6.45, 7) is 24.4. The third-order valence-electron chi connectivity index (χ3n) is 15.5. The number of unbranched alkanes of at least 4 members (excludes halogenated alkanes) is 22. The number of carbonyl (C=O) groups is 4. The summed E-state index contributed by atoms with van der Waals surface area (Å²) in [6, 6.07) is 2.54. The maximum absolute atomic E-state index is 12.5. The first-order chi connectivity index (χ1) is 45.3. The molecule has 94 heavy (non-hydrogen) atoms. The molecule has 19 nitrogen and oxygen atoms in total. The highest BCUT2D eigenvalue weighted by Crippen LogP contribution is 2.37. The van der Waals surface area contributed by atoms with Crippen LogP contribution in [-0.2, 0) is 28.5 Å². The molecule has 0 spiro atoms. The fourth-order valence-corrected chi connectivity index (χ4v) is 10.9. The van der Waals surface area contributed by atoms with Gasteiger partial charge < -0.3 is 45.5 Å². The van der Waals surface area contributed by atoms with Gasteiger partial charge in [0.15, 0.2) is 0 Å². The van der Waals surface area contributed by atoms with Crippen molar-refractivity contribution in [1.29, 1.82) is 0 Å². The Bertz CT molecular complexity index is 2280. The standard InChI is InChI=1S/C32H53Cl2N3O6.C18H27Cl2N3O5.C14H27ClO.C6H15N/c1-3-4-5-6-7-8-9-10-11-12-13-18-29(38)35-19-16-23-42-21-14-15-22-43-24-17-20-36-32(39)30-26(2)27(33)25-28(34)31(30)37(40)41;1-13-14(19)12-15(20)17(23(25)26)16(13)18(24)22-7-5-11-28-9-3-2-8-27-10-4-6-21;1-2-3-4-5-6-7-8-9-10-11-12-13-14(15)16;1-4-7(5-2)6-3/h25H,3-24H2,1-2H3,(H,35,38)(H,36,39);12H,2-11,21H2,1H3,(H,22,24);2-13H2,1H3;4-6H2,1-3H3. The third kappa shape index (κ3) is 50.8. The number of ether oxygens (including phenoxy) is 4. The second-order valence-corrected chi connectivity index (χ2v) is 25.4. The van der Waals surface area contributed by atoms with E-state index in [4.69, 9.17) is 82.7 Å². The molecule has 0 atom stereocenters. The number of rotatable bonds is 56.